The molecule has 0 aliphatic carbocycles. The summed E-state index contributed by atoms with van der Waals surface area (Å²) in [5.74, 6) is -5.80. The van der Waals surface area contributed by atoms with Crippen LogP contribution in [0.15, 0.2) is 18.2 Å². The molecule has 152 valence electrons. The lowest BCUT2D eigenvalue weighted by atomic mass is 9.64. The molecule has 2 amide bonds. The first kappa shape index (κ1) is 19.4. The van der Waals surface area contributed by atoms with Crippen molar-refractivity contribution in [1.29, 1.82) is 5.26 Å². The molecular formula is C19H15F3N2O5. The van der Waals surface area contributed by atoms with E-state index in [9.17, 15) is 32.7 Å². The van der Waals surface area contributed by atoms with E-state index in [2.05, 4.69) is 0 Å². The number of nitriles is 1. The second-order valence-corrected chi connectivity index (χ2v) is 8.00. The van der Waals surface area contributed by atoms with Crippen molar-refractivity contribution in [1.82, 2.24) is 0 Å². The van der Waals surface area contributed by atoms with E-state index in [1.54, 1.807) is 6.92 Å². The van der Waals surface area contributed by atoms with E-state index >= 15 is 0 Å². The van der Waals surface area contributed by atoms with E-state index in [-0.39, 0.29) is 12.1 Å². The number of aliphatic carboxylic acids is 1. The monoisotopic (exact) mass is 408 g/mol. The molecule has 1 aromatic carbocycles. The zero-order valence-electron chi connectivity index (χ0n) is 15.3. The fraction of sp³-hybridized carbons (Fsp3) is 0.474. The zero-order valence-corrected chi connectivity index (χ0v) is 15.3. The summed E-state index contributed by atoms with van der Waals surface area (Å²) in [5.41, 5.74) is -4.83. The first-order valence-corrected chi connectivity index (χ1v) is 8.77. The number of amides is 2. The minimum Gasteiger partial charge on any atom is -0.481 e. The number of carboxylic acid groups (broad SMARTS) is 1. The number of hydrogen-bond donors (Lipinski definition) is 1. The molecule has 3 saturated heterocycles. The fourth-order valence-corrected chi connectivity index (χ4v) is 5.15. The molecule has 4 rings (SSSR count). The molecule has 3 aliphatic rings. The number of carboxylic acids is 1. The Morgan fingerprint density at radius 1 is 1.28 bits per heavy atom. The van der Waals surface area contributed by atoms with Gasteiger partial charge in [0.25, 0.3) is 0 Å². The highest BCUT2D eigenvalue weighted by Crippen LogP contribution is 2.63. The predicted octanol–water partition coefficient (Wildman–Crippen LogP) is 2.33. The number of rotatable bonds is 2. The largest absolute Gasteiger partial charge is 0.481 e. The Kier molecular flexibility index (Phi) is 3.72. The summed E-state index contributed by atoms with van der Waals surface area (Å²) in [7, 11) is 0. The van der Waals surface area contributed by atoms with Crippen molar-refractivity contribution in [3.05, 3.63) is 29.3 Å². The van der Waals surface area contributed by atoms with Crippen LogP contribution in [0.1, 0.15) is 31.4 Å². The van der Waals surface area contributed by atoms with Crippen molar-refractivity contribution in [2.24, 2.45) is 17.8 Å². The average molecular weight is 408 g/mol. The quantitative estimate of drug-likeness (QED) is 0.753. The fourth-order valence-electron chi connectivity index (χ4n) is 5.15. The van der Waals surface area contributed by atoms with E-state index in [1.807, 2.05) is 0 Å². The number of hydrogen-bond acceptors (Lipinski definition) is 5. The summed E-state index contributed by atoms with van der Waals surface area (Å²) in [6.45, 7) is 3.00. The number of halogens is 3. The van der Waals surface area contributed by atoms with Crippen LogP contribution in [0.5, 0.6) is 0 Å². The van der Waals surface area contributed by atoms with Crippen LogP contribution in [0.3, 0.4) is 0 Å². The molecule has 1 N–H and O–H groups in total. The van der Waals surface area contributed by atoms with Crippen molar-refractivity contribution >= 4 is 23.5 Å². The van der Waals surface area contributed by atoms with Gasteiger partial charge in [0.1, 0.15) is 0 Å². The zero-order chi connectivity index (χ0) is 21.5. The molecule has 1 aromatic rings. The van der Waals surface area contributed by atoms with Crippen molar-refractivity contribution in [3.63, 3.8) is 0 Å². The highest BCUT2D eigenvalue weighted by Gasteiger charge is 2.77. The van der Waals surface area contributed by atoms with Crippen molar-refractivity contribution in [2.45, 2.75) is 37.6 Å². The van der Waals surface area contributed by atoms with Crippen LogP contribution >= 0.6 is 0 Å². The van der Waals surface area contributed by atoms with E-state index in [0.717, 1.165) is 12.1 Å². The lowest BCUT2D eigenvalue weighted by Crippen LogP contribution is -2.48. The van der Waals surface area contributed by atoms with Gasteiger partial charge in [0, 0.05) is 0 Å². The van der Waals surface area contributed by atoms with Gasteiger partial charge in [-0.15, -0.1) is 0 Å². The molecule has 3 aliphatic heterocycles. The maximum atomic E-state index is 13.3. The van der Waals surface area contributed by atoms with Crippen LogP contribution in [0.25, 0.3) is 0 Å². The third-order valence-corrected chi connectivity index (χ3v) is 6.32. The molecule has 0 unspecified atom stereocenters. The number of imide groups is 1. The molecule has 2 bridgehead atoms. The second kappa shape index (κ2) is 5.57. The van der Waals surface area contributed by atoms with Gasteiger partial charge in [0.05, 0.1) is 51.8 Å². The molecule has 0 radical (unpaired) electrons. The number of carbonyl (C=O) groups is 3. The maximum absolute atomic E-state index is 13.3. The Morgan fingerprint density at radius 3 is 2.45 bits per heavy atom. The molecule has 0 spiro atoms. The van der Waals surface area contributed by atoms with Gasteiger partial charge < -0.3 is 9.84 Å². The van der Waals surface area contributed by atoms with Crippen LogP contribution < -0.4 is 4.90 Å². The number of carbonyl (C=O) groups excluding carboxylic acids is 2. The topological polar surface area (TPSA) is 108 Å². The lowest BCUT2D eigenvalue weighted by molar-refractivity contribution is -0.150. The van der Waals surface area contributed by atoms with Gasteiger partial charge in [0.15, 0.2) is 0 Å². The van der Waals surface area contributed by atoms with Gasteiger partial charge in [-0.1, -0.05) is 0 Å². The summed E-state index contributed by atoms with van der Waals surface area (Å²) in [4.78, 5) is 38.5. The van der Waals surface area contributed by atoms with Gasteiger partial charge in [-0.3, -0.25) is 14.4 Å². The number of nitrogens with zero attached hydrogens (tertiary/aromatic N) is 2. The standard InChI is InChI=1S/C19H15F3N2O5/c1-17-6-11(16(27)28)18(2,29-17)13-12(17)14(25)24(15(13)26)9-4-3-8(7-23)10(5-9)19(20,21)22/h3-5,11-13H,6H2,1-2H3,(H,27,28)/t11-,12-,13+,17-,18+/m1/s1. The van der Waals surface area contributed by atoms with Crippen molar-refractivity contribution in [2.75, 3.05) is 4.90 Å². The van der Waals surface area contributed by atoms with E-state index < -0.39 is 64.0 Å². The predicted molar refractivity (Wildman–Crippen MR) is 89.3 cm³/mol. The summed E-state index contributed by atoms with van der Waals surface area (Å²) < 4.78 is 45.8. The molecule has 7 nitrogen and oxygen atoms in total. The Morgan fingerprint density at radius 2 is 1.90 bits per heavy atom. The highest BCUT2D eigenvalue weighted by molar-refractivity contribution is 6.23. The van der Waals surface area contributed by atoms with Crippen LogP contribution in [0.2, 0.25) is 0 Å². The van der Waals surface area contributed by atoms with Crippen LogP contribution in [0.4, 0.5) is 18.9 Å². The first-order chi connectivity index (χ1) is 13.3. The van der Waals surface area contributed by atoms with Gasteiger partial charge in [-0.05, 0) is 38.5 Å². The normalized spacial score (nSPS) is 35.7. The Labute approximate surface area is 162 Å². The minimum absolute atomic E-state index is 0.0219. The molecule has 3 heterocycles. The molecule has 0 aromatic heterocycles. The molecule has 29 heavy (non-hydrogen) atoms. The summed E-state index contributed by atoms with van der Waals surface area (Å²) in [6.07, 6.45) is -4.83. The summed E-state index contributed by atoms with van der Waals surface area (Å²) >= 11 is 0. The second-order valence-electron chi connectivity index (χ2n) is 8.00. The van der Waals surface area contributed by atoms with Gasteiger partial charge in [0.2, 0.25) is 11.8 Å². The van der Waals surface area contributed by atoms with Gasteiger partial charge >= 0.3 is 12.1 Å². The minimum atomic E-state index is -4.85. The summed E-state index contributed by atoms with van der Waals surface area (Å²) in [5, 5.41) is 18.4. The van der Waals surface area contributed by atoms with E-state index in [0.29, 0.717) is 11.0 Å². The lowest BCUT2D eigenvalue weighted by Gasteiger charge is -2.32. The third kappa shape index (κ3) is 2.37. The first-order valence-electron chi connectivity index (χ1n) is 8.77. The Bertz CT molecular complexity index is 1020. The van der Waals surface area contributed by atoms with Crippen molar-refractivity contribution in [3.8, 4) is 6.07 Å². The van der Waals surface area contributed by atoms with E-state index in [4.69, 9.17) is 10.00 Å². The average Bonchev–Trinajstić information content (AvgIpc) is 3.15. The maximum Gasteiger partial charge on any atom is 0.417 e. The molecule has 0 saturated carbocycles. The van der Waals surface area contributed by atoms with Crippen LogP contribution in [-0.2, 0) is 25.3 Å². The van der Waals surface area contributed by atoms with Gasteiger partial charge in [-0.25, -0.2) is 4.90 Å². The number of alkyl halides is 3. The Balaban J connectivity index is 1.81. The van der Waals surface area contributed by atoms with Gasteiger partial charge in [-0.2, -0.15) is 18.4 Å². The molecule has 3 fully saturated rings. The smallest absolute Gasteiger partial charge is 0.417 e. The van der Waals surface area contributed by atoms with Crippen LogP contribution in [0, 0.1) is 29.1 Å². The highest BCUT2D eigenvalue weighted by atomic mass is 19.4. The molecule has 5 atom stereocenters. The number of anilines is 1. The number of fused-ring (bicyclic) bond motifs is 5. The molecular weight excluding hydrogens is 393 g/mol. The van der Waals surface area contributed by atoms with Crippen molar-refractivity contribution < 1.29 is 37.4 Å². The third-order valence-electron chi connectivity index (χ3n) is 6.32. The summed E-state index contributed by atoms with van der Waals surface area (Å²) in [6, 6.07) is 4.05. The van der Waals surface area contributed by atoms with E-state index in [1.165, 1.54) is 13.0 Å². The number of ether oxygens (including phenoxy) is 1. The van der Waals surface area contributed by atoms with Crippen LogP contribution in [-0.4, -0.2) is 34.1 Å². The Hall–Kier alpha value is -2.93. The number of benzene rings is 1. The SMILES string of the molecule is C[C@]12O[C@](C)(C[C@@H]1C(=O)O)[C@H]1C(=O)N(c3ccc(C#N)c(C(F)(F)F)c3)C(=O)[C@H]12. The molecule has 10 heteroatoms.